The quantitative estimate of drug-likeness (QED) is 0.532. The Labute approximate surface area is 60.0 Å². The van der Waals surface area contributed by atoms with Gasteiger partial charge in [0.2, 0.25) is 0 Å². The molecule has 0 spiro atoms. The Morgan fingerprint density at radius 2 is 2.00 bits per heavy atom. The fourth-order valence-corrected chi connectivity index (χ4v) is 3.39. The van der Waals surface area contributed by atoms with E-state index in [-0.39, 0.29) is 0 Å². The van der Waals surface area contributed by atoms with E-state index >= 15 is 0 Å². The van der Waals surface area contributed by atoms with Crippen molar-refractivity contribution in [3.63, 3.8) is 0 Å². The van der Waals surface area contributed by atoms with Gasteiger partial charge in [0, 0.05) is 0 Å². The maximum Gasteiger partial charge on any atom is 0.0842 e. The van der Waals surface area contributed by atoms with Gasteiger partial charge in [-0.25, -0.2) is 0 Å². The van der Waals surface area contributed by atoms with Gasteiger partial charge in [0.1, 0.15) is 0 Å². The van der Waals surface area contributed by atoms with Crippen LogP contribution in [0.5, 0.6) is 0 Å². The molecule has 3 rings (SSSR count). The van der Waals surface area contributed by atoms with E-state index in [1.165, 1.54) is 12.8 Å². The Morgan fingerprint density at radius 1 is 1.20 bits per heavy atom. The summed E-state index contributed by atoms with van der Waals surface area (Å²) in [4.78, 5) is 10.00. The molecule has 3 fully saturated rings. The van der Waals surface area contributed by atoms with Gasteiger partial charge in [-0.05, 0) is 42.4 Å². The van der Waals surface area contributed by atoms with Crippen molar-refractivity contribution in [3.8, 4) is 0 Å². The molecule has 10 heavy (non-hydrogen) atoms. The molecule has 5 unspecified atom stereocenters. The smallest absolute Gasteiger partial charge is 0.0842 e. The summed E-state index contributed by atoms with van der Waals surface area (Å²) >= 11 is 0. The van der Waals surface area contributed by atoms with Gasteiger partial charge in [0.25, 0.3) is 0 Å². The molecule has 0 N–H and O–H groups in total. The zero-order chi connectivity index (χ0) is 6.72. The van der Waals surface area contributed by atoms with Crippen LogP contribution in [0.25, 0.3) is 0 Å². The molecule has 2 nitrogen and oxygen atoms in total. The predicted molar refractivity (Wildman–Crippen MR) is 37.3 cm³/mol. The number of hydrogen-bond acceptors (Lipinski definition) is 2. The Bertz CT molecular complexity index is 188. The normalized spacial score (nSPS) is 61.0. The van der Waals surface area contributed by atoms with Crippen LogP contribution in [0.4, 0.5) is 0 Å². The molecule has 3 aliphatic carbocycles. The molecule has 0 amide bonds. The van der Waals surface area contributed by atoms with Crippen molar-refractivity contribution in [3.05, 3.63) is 4.91 Å². The monoisotopic (exact) mass is 137 g/mol. The zero-order valence-electron chi connectivity index (χ0n) is 5.86. The largest absolute Gasteiger partial charge is 0.151 e. The van der Waals surface area contributed by atoms with Crippen LogP contribution in [0, 0.1) is 34.5 Å². The Balaban J connectivity index is 1.74. The number of hydrogen-bond donors (Lipinski definition) is 0. The Morgan fingerprint density at radius 3 is 2.50 bits per heavy atom. The summed E-state index contributed by atoms with van der Waals surface area (Å²) < 4.78 is 0. The van der Waals surface area contributed by atoms with Gasteiger partial charge >= 0.3 is 0 Å². The highest BCUT2D eigenvalue weighted by Gasteiger charge is 2.69. The molecule has 0 bridgehead atoms. The molecule has 0 aromatic rings. The molecule has 0 aromatic heterocycles. The fourth-order valence-electron chi connectivity index (χ4n) is 3.39. The van der Waals surface area contributed by atoms with Crippen molar-refractivity contribution >= 4 is 0 Å². The van der Waals surface area contributed by atoms with E-state index in [2.05, 4.69) is 5.18 Å². The van der Waals surface area contributed by atoms with E-state index in [0.717, 1.165) is 23.7 Å². The van der Waals surface area contributed by atoms with Gasteiger partial charge in [0.15, 0.2) is 0 Å². The van der Waals surface area contributed by atoms with Crippen LogP contribution in [0.3, 0.4) is 0 Å². The summed E-state index contributed by atoms with van der Waals surface area (Å²) in [5, 5.41) is 3.00. The summed E-state index contributed by atoms with van der Waals surface area (Å²) in [6.45, 7) is 0.602. The van der Waals surface area contributed by atoms with Gasteiger partial charge in [-0.15, -0.1) is 0 Å². The van der Waals surface area contributed by atoms with Gasteiger partial charge in [-0.3, -0.25) is 0 Å². The fraction of sp³-hybridized carbons (Fsp3) is 1.00. The highest BCUT2D eigenvalue weighted by molar-refractivity contribution is 5.17. The lowest BCUT2D eigenvalue weighted by Gasteiger charge is -2.30. The minimum absolute atomic E-state index is 0.602. The lowest BCUT2D eigenvalue weighted by atomic mass is 9.75. The van der Waals surface area contributed by atoms with Crippen molar-refractivity contribution < 1.29 is 0 Å². The lowest BCUT2D eigenvalue weighted by molar-refractivity contribution is 0.189. The van der Waals surface area contributed by atoms with Crippen molar-refractivity contribution in [2.45, 2.75) is 12.8 Å². The highest BCUT2D eigenvalue weighted by Crippen LogP contribution is 2.74. The van der Waals surface area contributed by atoms with Gasteiger partial charge in [-0.1, -0.05) is 5.18 Å². The van der Waals surface area contributed by atoms with E-state index < -0.39 is 0 Å². The lowest BCUT2D eigenvalue weighted by Crippen LogP contribution is -2.26. The summed E-state index contributed by atoms with van der Waals surface area (Å²) in [7, 11) is 0. The molecule has 0 radical (unpaired) electrons. The predicted octanol–water partition coefficient (Wildman–Crippen LogP) is 1.65. The molecule has 0 saturated heterocycles. The SMILES string of the molecule is O=NCC1CC2C3CC1C23. The number of nitroso groups, excluding NO2 is 1. The average Bonchev–Trinajstić information content (AvgIpc) is 2.26. The Hall–Kier alpha value is -0.400. The minimum atomic E-state index is 0.602. The second kappa shape index (κ2) is 1.44. The molecule has 5 atom stereocenters. The summed E-state index contributed by atoms with van der Waals surface area (Å²) in [6.07, 6.45) is 2.75. The first-order valence-electron chi connectivity index (χ1n) is 4.21. The molecular weight excluding hydrogens is 126 g/mol. The van der Waals surface area contributed by atoms with Crippen LogP contribution in [0.1, 0.15) is 12.8 Å². The third-order valence-electron chi connectivity index (χ3n) is 3.93. The van der Waals surface area contributed by atoms with Crippen molar-refractivity contribution in [1.29, 1.82) is 0 Å². The van der Waals surface area contributed by atoms with Gasteiger partial charge < -0.3 is 0 Å². The van der Waals surface area contributed by atoms with Crippen molar-refractivity contribution in [1.82, 2.24) is 0 Å². The van der Waals surface area contributed by atoms with Crippen LogP contribution in [-0.4, -0.2) is 6.54 Å². The standard InChI is InChI=1S/C8H11NO/c10-9-3-4-1-6-7-2-5(4)8(6)7/h4-8H,1-3H2. The number of rotatable bonds is 2. The maximum atomic E-state index is 10.00. The van der Waals surface area contributed by atoms with Gasteiger partial charge in [-0.2, -0.15) is 4.91 Å². The van der Waals surface area contributed by atoms with E-state index in [0.29, 0.717) is 12.5 Å². The van der Waals surface area contributed by atoms with E-state index in [9.17, 15) is 4.91 Å². The summed E-state index contributed by atoms with van der Waals surface area (Å²) in [6, 6.07) is 0. The topological polar surface area (TPSA) is 29.4 Å². The van der Waals surface area contributed by atoms with E-state index in [1.807, 2.05) is 0 Å². The molecule has 0 aromatic carbocycles. The van der Waals surface area contributed by atoms with Crippen LogP contribution >= 0.6 is 0 Å². The first-order valence-corrected chi connectivity index (χ1v) is 4.21. The second-order valence-electron chi connectivity index (χ2n) is 4.11. The van der Waals surface area contributed by atoms with Crippen LogP contribution in [0.2, 0.25) is 0 Å². The van der Waals surface area contributed by atoms with E-state index in [1.54, 1.807) is 0 Å². The van der Waals surface area contributed by atoms with Crippen LogP contribution in [0.15, 0.2) is 5.18 Å². The first kappa shape index (κ1) is 5.28. The van der Waals surface area contributed by atoms with Crippen LogP contribution in [-0.2, 0) is 0 Å². The van der Waals surface area contributed by atoms with Crippen LogP contribution < -0.4 is 0 Å². The average molecular weight is 137 g/mol. The second-order valence-corrected chi connectivity index (χ2v) is 4.11. The maximum absolute atomic E-state index is 10.00. The van der Waals surface area contributed by atoms with Crippen molar-refractivity contribution in [2.75, 3.05) is 6.54 Å². The van der Waals surface area contributed by atoms with E-state index in [4.69, 9.17) is 0 Å². The zero-order valence-corrected chi connectivity index (χ0v) is 5.86. The first-order chi connectivity index (χ1) is 4.92. The molecule has 3 aliphatic rings. The minimum Gasteiger partial charge on any atom is -0.151 e. The Kier molecular flexibility index (Phi) is 0.758. The molecule has 2 heteroatoms. The number of nitrogens with zero attached hydrogens (tertiary/aromatic N) is 1. The molecule has 0 heterocycles. The molecule has 0 aliphatic heterocycles. The molecular formula is C8H11NO. The summed E-state index contributed by atoms with van der Waals surface area (Å²) in [5.41, 5.74) is 0. The third-order valence-corrected chi connectivity index (χ3v) is 3.93. The summed E-state index contributed by atoms with van der Waals surface area (Å²) in [5.74, 6) is 4.82. The molecule has 3 saturated carbocycles. The number of fused-ring (bicyclic) bond motifs is 1. The molecule has 54 valence electrons. The van der Waals surface area contributed by atoms with Gasteiger partial charge in [0.05, 0.1) is 6.54 Å². The highest BCUT2D eigenvalue weighted by atomic mass is 16.3. The van der Waals surface area contributed by atoms with Crippen molar-refractivity contribution in [2.24, 2.45) is 34.8 Å². The third kappa shape index (κ3) is 0.405.